The second-order valence-electron chi connectivity index (χ2n) is 5.65. The molecule has 1 aliphatic heterocycles. The first kappa shape index (κ1) is 15.0. The number of para-hydroxylation sites is 2. The van der Waals surface area contributed by atoms with E-state index in [1.54, 1.807) is 0 Å². The lowest BCUT2D eigenvalue weighted by molar-refractivity contribution is 0.105. The Balaban J connectivity index is 1.94. The van der Waals surface area contributed by atoms with Gasteiger partial charge in [0, 0.05) is 19.6 Å². The van der Waals surface area contributed by atoms with E-state index in [0.717, 1.165) is 42.8 Å². The van der Waals surface area contributed by atoms with E-state index < -0.39 is 6.10 Å². The van der Waals surface area contributed by atoms with Crippen LogP contribution in [0.3, 0.4) is 0 Å². The average Bonchev–Trinajstić information content (AvgIpc) is 2.59. The SMILES string of the molecule is OC[C@H](O)CNc1nc2ccccc2nc1N1CCCCC1. The Kier molecular flexibility index (Phi) is 4.70. The molecular formula is C16H22N4O2. The van der Waals surface area contributed by atoms with Crippen molar-refractivity contribution >= 4 is 22.7 Å². The second-order valence-corrected chi connectivity index (χ2v) is 5.65. The lowest BCUT2D eigenvalue weighted by Gasteiger charge is -2.29. The van der Waals surface area contributed by atoms with Crippen LogP contribution in [0.2, 0.25) is 0 Å². The molecular weight excluding hydrogens is 280 g/mol. The molecule has 3 rings (SSSR count). The topological polar surface area (TPSA) is 81.5 Å². The summed E-state index contributed by atoms with van der Waals surface area (Å²) in [5.41, 5.74) is 1.69. The van der Waals surface area contributed by atoms with E-state index >= 15 is 0 Å². The lowest BCUT2D eigenvalue weighted by atomic mass is 10.1. The minimum Gasteiger partial charge on any atom is -0.394 e. The fourth-order valence-electron chi connectivity index (χ4n) is 2.71. The van der Waals surface area contributed by atoms with E-state index in [0.29, 0.717) is 5.82 Å². The average molecular weight is 302 g/mol. The van der Waals surface area contributed by atoms with Gasteiger partial charge in [-0.15, -0.1) is 0 Å². The third-order valence-corrected chi connectivity index (χ3v) is 3.92. The third-order valence-electron chi connectivity index (χ3n) is 3.92. The molecule has 0 saturated carbocycles. The fourth-order valence-corrected chi connectivity index (χ4v) is 2.71. The van der Waals surface area contributed by atoms with Crippen LogP contribution in [0, 0.1) is 0 Å². The van der Waals surface area contributed by atoms with Crippen LogP contribution in [0.1, 0.15) is 19.3 Å². The zero-order chi connectivity index (χ0) is 15.4. The number of piperidine rings is 1. The number of hydrogen-bond acceptors (Lipinski definition) is 6. The molecule has 6 nitrogen and oxygen atoms in total. The van der Waals surface area contributed by atoms with Crippen molar-refractivity contribution in [3.05, 3.63) is 24.3 Å². The molecule has 0 aliphatic carbocycles. The van der Waals surface area contributed by atoms with E-state index in [2.05, 4.69) is 15.2 Å². The molecule has 2 heterocycles. The first-order valence-electron chi connectivity index (χ1n) is 7.82. The minimum atomic E-state index is -0.803. The number of anilines is 2. The number of benzene rings is 1. The minimum absolute atomic E-state index is 0.254. The highest BCUT2D eigenvalue weighted by Crippen LogP contribution is 2.27. The van der Waals surface area contributed by atoms with Crippen molar-refractivity contribution in [2.45, 2.75) is 25.4 Å². The highest BCUT2D eigenvalue weighted by molar-refractivity contribution is 5.80. The molecule has 0 unspecified atom stereocenters. The van der Waals surface area contributed by atoms with Crippen LogP contribution < -0.4 is 10.2 Å². The van der Waals surface area contributed by atoms with Gasteiger partial charge in [0.1, 0.15) is 0 Å². The molecule has 1 atom stereocenters. The number of nitrogens with one attached hydrogen (secondary N) is 1. The standard InChI is InChI=1S/C16H22N4O2/c21-11-12(22)10-17-15-16(20-8-4-1-5-9-20)19-14-7-3-2-6-13(14)18-15/h2-3,6-7,12,21-22H,1,4-5,8-11H2,(H,17,18)/t12-/m1/s1. The highest BCUT2D eigenvalue weighted by atomic mass is 16.3. The number of fused-ring (bicyclic) bond motifs is 1. The van der Waals surface area contributed by atoms with Crippen LogP contribution in [0.15, 0.2) is 24.3 Å². The monoisotopic (exact) mass is 302 g/mol. The number of aromatic nitrogens is 2. The van der Waals surface area contributed by atoms with Crippen molar-refractivity contribution in [1.29, 1.82) is 0 Å². The van der Waals surface area contributed by atoms with E-state index in [1.165, 1.54) is 6.42 Å². The van der Waals surface area contributed by atoms with Crippen molar-refractivity contribution in [3.63, 3.8) is 0 Å². The Bertz CT molecular complexity index is 629. The maximum absolute atomic E-state index is 9.56. The van der Waals surface area contributed by atoms with Gasteiger partial charge in [0.25, 0.3) is 0 Å². The summed E-state index contributed by atoms with van der Waals surface area (Å²) in [4.78, 5) is 11.7. The van der Waals surface area contributed by atoms with Crippen LogP contribution in [0.4, 0.5) is 11.6 Å². The molecule has 0 spiro atoms. The predicted molar refractivity (Wildman–Crippen MR) is 87.2 cm³/mol. The van der Waals surface area contributed by atoms with Crippen LogP contribution in [-0.2, 0) is 0 Å². The molecule has 1 fully saturated rings. The molecule has 0 bridgehead atoms. The highest BCUT2D eigenvalue weighted by Gasteiger charge is 2.18. The number of hydrogen-bond donors (Lipinski definition) is 3. The van der Waals surface area contributed by atoms with Gasteiger partial charge >= 0.3 is 0 Å². The Hall–Kier alpha value is -1.92. The van der Waals surface area contributed by atoms with Gasteiger partial charge in [-0.05, 0) is 31.4 Å². The number of nitrogens with zero attached hydrogens (tertiary/aromatic N) is 3. The molecule has 1 aromatic heterocycles. The zero-order valence-corrected chi connectivity index (χ0v) is 12.6. The summed E-state index contributed by atoms with van der Waals surface area (Å²) < 4.78 is 0. The summed E-state index contributed by atoms with van der Waals surface area (Å²) in [5.74, 6) is 1.51. The Morgan fingerprint density at radius 2 is 1.77 bits per heavy atom. The van der Waals surface area contributed by atoms with Crippen LogP contribution >= 0.6 is 0 Å². The largest absolute Gasteiger partial charge is 0.394 e. The lowest BCUT2D eigenvalue weighted by Crippen LogP contribution is -2.32. The maximum atomic E-state index is 9.56. The molecule has 1 saturated heterocycles. The van der Waals surface area contributed by atoms with E-state index in [9.17, 15) is 5.11 Å². The van der Waals surface area contributed by atoms with Crippen molar-refractivity contribution in [1.82, 2.24) is 9.97 Å². The van der Waals surface area contributed by atoms with Gasteiger partial charge < -0.3 is 20.4 Å². The molecule has 118 valence electrons. The molecule has 2 aromatic rings. The van der Waals surface area contributed by atoms with Gasteiger partial charge in [0.2, 0.25) is 0 Å². The second kappa shape index (κ2) is 6.89. The van der Waals surface area contributed by atoms with Gasteiger partial charge in [0.15, 0.2) is 11.6 Å². The van der Waals surface area contributed by atoms with Crippen LogP contribution in [0.5, 0.6) is 0 Å². The molecule has 1 aliphatic rings. The Morgan fingerprint density at radius 3 is 2.45 bits per heavy atom. The summed E-state index contributed by atoms with van der Waals surface area (Å²) in [6.45, 7) is 1.94. The Labute approximate surface area is 129 Å². The Morgan fingerprint density at radius 1 is 1.09 bits per heavy atom. The quantitative estimate of drug-likeness (QED) is 0.774. The molecule has 3 N–H and O–H groups in total. The first-order valence-corrected chi connectivity index (χ1v) is 7.82. The van der Waals surface area contributed by atoms with E-state index in [1.807, 2.05) is 24.3 Å². The van der Waals surface area contributed by atoms with E-state index in [-0.39, 0.29) is 13.2 Å². The molecule has 22 heavy (non-hydrogen) atoms. The fraction of sp³-hybridized carbons (Fsp3) is 0.500. The molecule has 0 amide bonds. The molecule has 1 aromatic carbocycles. The summed E-state index contributed by atoms with van der Waals surface area (Å²) in [6, 6.07) is 7.78. The number of rotatable bonds is 5. The maximum Gasteiger partial charge on any atom is 0.172 e. The van der Waals surface area contributed by atoms with Crippen LogP contribution in [0.25, 0.3) is 11.0 Å². The van der Waals surface area contributed by atoms with Crippen molar-refractivity contribution in [2.75, 3.05) is 36.5 Å². The third kappa shape index (κ3) is 3.28. The number of aliphatic hydroxyl groups excluding tert-OH is 2. The normalized spacial score (nSPS) is 16.7. The summed E-state index contributed by atoms with van der Waals surface area (Å²) in [6.07, 6.45) is 2.77. The summed E-state index contributed by atoms with van der Waals surface area (Å²) in [7, 11) is 0. The molecule has 6 heteroatoms. The number of aliphatic hydroxyl groups is 2. The van der Waals surface area contributed by atoms with Crippen molar-refractivity contribution < 1.29 is 10.2 Å². The van der Waals surface area contributed by atoms with E-state index in [4.69, 9.17) is 10.1 Å². The van der Waals surface area contributed by atoms with Gasteiger partial charge in [-0.2, -0.15) is 0 Å². The smallest absolute Gasteiger partial charge is 0.172 e. The van der Waals surface area contributed by atoms with Gasteiger partial charge in [-0.25, -0.2) is 9.97 Å². The van der Waals surface area contributed by atoms with Crippen LogP contribution in [-0.4, -0.2) is 52.5 Å². The summed E-state index contributed by atoms with van der Waals surface area (Å²) in [5, 5.41) is 21.7. The first-order chi connectivity index (χ1) is 10.8. The molecule has 0 radical (unpaired) electrons. The summed E-state index contributed by atoms with van der Waals surface area (Å²) >= 11 is 0. The van der Waals surface area contributed by atoms with Crippen molar-refractivity contribution in [3.8, 4) is 0 Å². The van der Waals surface area contributed by atoms with Gasteiger partial charge in [-0.3, -0.25) is 0 Å². The van der Waals surface area contributed by atoms with Gasteiger partial charge in [0.05, 0.1) is 23.7 Å². The van der Waals surface area contributed by atoms with Gasteiger partial charge in [-0.1, -0.05) is 12.1 Å². The zero-order valence-electron chi connectivity index (χ0n) is 12.6. The van der Waals surface area contributed by atoms with Crippen molar-refractivity contribution in [2.24, 2.45) is 0 Å². The predicted octanol–water partition coefficient (Wildman–Crippen LogP) is 1.39.